The van der Waals surface area contributed by atoms with E-state index in [4.69, 9.17) is 10.7 Å². The molecule has 1 aromatic heterocycles. The van der Waals surface area contributed by atoms with Crippen molar-refractivity contribution in [1.29, 1.82) is 0 Å². The van der Waals surface area contributed by atoms with E-state index in [1.54, 1.807) is 4.90 Å². The maximum atomic E-state index is 12.5. The molecule has 3 fully saturated rings. The van der Waals surface area contributed by atoms with Crippen molar-refractivity contribution in [2.45, 2.75) is 58.0 Å². The van der Waals surface area contributed by atoms with E-state index in [1.165, 1.54) is 37.7 Å². The lowest BCUT2D eigenvalue weighted by Gasteiger charge is -2.43. The molecular formula is C32H47N9O2. The van der Waals surface area contributed by atoms with Gasteiger partial charge in [-0.15, -0.1) is 0 Å². The van der Waals surface area contributed by atoms with Gasteiger partial charge < -0.3 is 31.1 Å². The van der Waals surface area contributed by atoms with Crippen molar-refractivity contribution in [3.8, 4) is 0 Å². The summed E-state index contributed by atoms with van der Waals surface area (Å²) in [5, 5.41) is 6.80. The van der Waals surface area contributed by atoms with E-state index in [0.717, 1.165) is 43.9 Å². The number of likely N-dealkylation sites (tertiary alicyclic amines) is 1. The van der Waals surface area contributed by atoms with Crippen molar-refractivity contribution in [3.05, 3.63) is 47.8 Å². The van der Waals surface area contributed by atoms with Gasteiger partial charge in [-0.25, -0.2) is 9.97 Å². The lowest BCUT2D eigenvalue weighted by atomic mass is 10.0. The molecule has 3 aliphatic rings. The van der Waals surface area contributed by atoms with Crippen LogP contribution in [-0.4, -0.2) is 108 Å². The van der Waals surface area contributed by atoms with E-state index in [2.05, 4.69) is 63.0 Å². The Morgan fingerprint density at radius 2 is 1.74 bits per heavy atom. The zero-order chi connectivity index (χ0) is 30.7. The molecule has 2 aromatic rings. The molecule has 3 aliphatic heterocycles. The summed E-state index contributed by atoms with van der Waals surface area (Å²) in [6.45, 7) is 17.7. The lowest BCUT2D eigenvalue weighted by molar-refractivity contribution is -0.125. The highest BCUT2D eigenvalue weighted by atomic mass is 16.2. The standard InChI is InChI=1S/C32H47N9O2/c1-6-27(42)41-12-9-24(20-41)35-31-28(21(2)3)36-29(30(33)43)32(37-31)34-23-7-8-26(22(4)19-23)40-13-10-25(11-14-40)39-17-15-38(5)16-18-39/h6-8,19,21,24-25H,1,9-18,20H2,2-5H3,(H2,33,43)(H2,34,35,37)/t24-/m1/s1. The quantitative estimate of drug-likeness (QED) is 0.379. The Bertz CT molecular complexity index is 1330. The summed E-state index contributed by atoms with van der Waals surface area (Å²) in [7, 11) is 2.21. The van der Waals surface area contributed by atoms with Crippen LogP contribution in [0, 0.1) is 6.92 Å². The Morgan fingerprint density at radius 1 is 1.02 bits per heavy atom. The number of nitrogens with one attached hydrogen (secondary N) is 2. The number of carbonyl (C=O) groups is 2. The van der Waals surface area contributed by atoms with Crippen LogP contribution >= 0.6 is 0 Å². The highest BCUT2D eigenvalue weighted by Crippen LogP contribution is 2.31. The van der Waals surface area contributed by atoms with E-state index in [-0.39, 0.29) is 23.6 Å². The molecule has 11 heteroatoms. The maximum absolute atomic E-state index is 12.5. The number of benzene rings is 1. The summed E-state index contributed by atoms with van der Waals surface area (Å²) in [6, 6.07) is 6.96. The number of piperazine rings is 1. The number of aryl methyl sites for hydroxylation is 1. The SMILES string of the molecule is C=CC(=O)N1CC[C@@H](Nc2nc(Nc3ccc(N4CCC(N5CCN(C)CC5)CC4)c(C)c3)c(C(N)=O)nc2C(C)C)C1. The molecule has 4 N–H and O–H groups in total. The van der Waals surface area contributed by atoms with E-state index in [0.29, 0.717) is 36.5 Å². The highest BCUT2D eigenvalue weighted by molar-refractivity contribution is 5.96. The minimum Gasteiger partial charge on any atom is -0.371 e. The Balaban J connectivity index is 1.30. The van der Waals surface area contributed by atoms with E-state index < -0.39 is 5.91 Å². The van der Waals surface area contributed by atoms with Gasteiger partial charge in [0.05, 0.1) is 5.69 Å². The predicted molar refractivity (Wildman–Crippen MR) is 172 cm³/mol. The van der Waals surface area contributed by atoms with Gasteiger partial charge in [-0.1, -0.05) is 20.4 Å². The van der Waals surface area contributed by atoms with Crippen molar-refractivity contribution < 1.29 is 9.59 Å². The Morgan fingerprint density at radius 3 is 2.37 bits per heavy atom. The summed E-state index contributed by atoms with van der Waals surface area (Å²) >= 11 is 0. The second-order valence-corrected chi connectivity index (χ2v) is 12.5. The average molecular weight is 590 g/mol. The first-order valence-electron chi connectivity index (χ1n) is 15.6. The van der Waals surface area contributed by atoms with Crippen molar-refractivity contribution >= 4 is 34.8 Å². The average Bonchev–Trinajstić information content (AvgIpc) is 3.46. The van der Waals surface area contributed by atoms with Crippen LogP contribution in [0.1, 0.15) is 60.8 Å². The highest BCUT2D eigenvalue weighted by Gasteiger charge is 2.29. The minimum atomic E-state index is -0.636. The van der Waals surface area contributed by atoms with Gasteiger partial charge in [-0.05, 0) is 69.0 Å². The molecule has 43 heavy (non-hydrogen) atoms. The molecule has 11 nitrogen and oxygen atoms in total. The summed E-state index contributed by atoms with van der Waals surface area (Å²) < 4.78 is 0. The number of hydrogen-bond donors (Lipinski definition) is 3. The first-order chi connectivity index (χ1) is 20.6. The molecular weight excluding hydrogens is 542 g/mol. The Kier molecular flexibility index (Phi) is 9.51. The van der Waals surface area contributed by atoms with E-state index in [9.17, 15) is 9.59 Å². The molecule has 232 valence electrons. The molecule has 0 unspecified atom stereocenters. The third kappa shape index (κ3) is 7.10. The van der Waals surface area contributed by atoms with Gasteiger partial charge in [0.2, 0.25) is 5.91 Å². The smallest absolute Gasteiger partial charge is 0.271 e. The molecule has 0 aliphatic carbocycles. The minimum absolute atomic E-state index is 0.0105. The maximum Gasteiger partial charge on any atom is 0.271 e. The number of anilines is 4. The monoisotopic (exact) mass is 589 g/mol. The van der Waals surface area contributed by atoms with Crippen LogP contribution in [0.3, 0.4) is 0 Å². The number of primary amides is 1. The number of carbonyl (C=O) groups excluding carboxylic acids is 2. The molecule has 3 saturated heterocycles. The van der Waals surface area contributed by atoms with E-state index >= 15 is 0 Å². The largest absolute Gasteiger partial charge is 0.371 e. The van der Waals surface area contributed by atoms with Gasteiger partial charge >= 0.3 is 0 Å². The fourth-order valence-corrected chi connectivity index (χ4v) is 6.50. The molecule has 5 rings (SSSR count). The number of nitrogens with zero attached hydrogens (tertiary/aromatic N) is 6. The Labute approximate surface area is 255 Å². The van der Waals surface area contributed by atoms with Crippen LogP contribution in [0.25, 0.3) is 0 Å². The summed E-state index contributed by atoms with van der Waals surface area (Å²) in [5.74, 6) is 0.206. The van der Waals surface area contributed by atoms with Crippen molar-refractivity contribution in [2.75, 3.05) is 74.9 Å². The Hall–Kier alpha value is -3.70. The van der Waals surface area contributed by atoms with Crippen molar-refractivity contribution in [2.24, 2.45) is 5.73 Å². The van der Waals surface area contributed by atoms with Crippen molar-refractivity contribution in [3.63, 3.8) is 0 Å². The predicted octanol–water partition coefficient (Wildman–Crippen LogP) is 3.17. The zero-order valence-corrected chi connectivity index (χ0v) is 26.1. The molecule has 0 radical (unpaired) electrons. The second-order valence-electron chi connectivity index (χ2n) is 12.5. The van der Waals surface area contributed by atoms with E-state index in [1.807, 2.05) is 19.9 Å². The zero-order valence-electron chi connectivity index (χ0n) is 26.1. The van der Waals surface area contributed by atoms with Crippen LogP contribution in [0.2, 0.25) is 0 Å². The molecule has 4 heterocycles. The van der Waals surface area contributed by atoms with Gasteiger partial charge in [-0.2, -0.15) is 0 Å². The molecule has 1 atom stereocenters. The summed E-state index contributed by atoms with van der Waals surface area (Å²) in [6.07, 6.45) is 4.49. The number of hydrogen-bond acceptors (Lipinski definition) is 9. The van der Waals surface area contributed by atoms with Crippen LogP contribution in [0.5, 0.6) is 0 Å². The van der Waals surface area contributed by atoms with Crippen LogP contribution < -0.4 is 21.3 Å². The normalized spacial score (nSPS) is 20.4. The fourth-order valence-electron chi connectivity index (χ4n) is 6.50. The summed E-state index contributed by atoms with van der Waals surface area (Å²) in [4.78, 5) is 43.4. The number of amides is 2. The van der Waals surface area contributed by atoms with Gasteiger partial charge in [0.25, 0.3) is 5.91 Å². The van der Waals surface area contributed by atoms with Crippen LogP contribution in [0.4, 0.5) is 23.0 Å². The first kappa shape index (κ1) is 30.7. The lowest BCUT2D eigenvalue weighted by Crippen LogP contribution is -2.52. The van der Waals surface area contributed by atoms with Gasteiger partial charge in [-0.3, -0.25) is 14.5 Å². The van der Waals surface area contributed by atoms with Crippen LogP contribution in [0.15, 0.2) is 30.9 Å². The first-order valence-corrected chi connectivity index (χ1v) is 15.6. The number of nitrogens with two attached hydrogens (primary N) is 1. The van der Waals surface area contributed by atoms with Gasteiger partial charge in [0.15, 0.2) is 17.3 Å². The van der Waals surface area contributed by atoms with Gasteiger partial charge in [0, 0.05) is 75.8 Å². The molecule has 0 bridgehead atoms. The number of rotatable bonds is 9. The summed E-state index contributed by atoms with van der Waals surface area (Å²) in [5.41, 5.74) is 9.76. The van der Waals surface area contributed by atoms with Crippen LogP contribution in [-0.2, 0) is 4.79 Å². The molecule has 2 amide bonds. The second kappa shape index (κ2) is 13.3. The molecule has 0 spiro atoms. The number of likely N-dealkylation sites (N-methyl/N-ethyl adjacent to an activating group) is 1. The molecule has 0 saturated carbocycles. The van der Waals surface area contributed by atoms with Crippen molar-refractivity contribution in [1.82, 2.24) is 24.7 Å². The topological polar surface area (TPSA) is 123 Å². The fraction of sp³-hybridized carbons (Fsp3) is 0.562. The third-order valence-electron chi connectivity index (χ3n) is 9.04. The number of piperidine rings is 1. The molecule has 1 aromatic carbocycles. The number of aromatic nitrogens is 2. The third-order valence-corrected chi connectivity index (χ3v) is 9.04. The van der Waals surface area contributed by atoms with Gasteiger partial charge in [0.1, 0.15) is 0 Å².